The van der Waals surface area contributed by atoms with Crippen molar-refractivity contribution in [1.29, 1.82) is 0 Å². The Morgan fingerprint density at radius 3 is 1.96 bits per heavy atom. The lowest BCUT2D eigenvalue weighted by Crippen LogP contribution is -2.23. The van der Waals surface area contributed by atoms with Gasteiger partial charge in [0, 0.05) is 5.41 Å². The summed E-state index contributed by atoms with van der Waals surface area (Å²) < 4.78 is 0. The van der Waals surface area contributed by atoms with Crippen LogP contribution in [0, 0.1) is 13.8 Å². The molecular weight excluding hydrogens is 336 g/mol. The van der Waals surface area contributed by atoms with Gasteiger partial charge in [-0.1, -0.05) is 98.0 Å². The van der Waals surface area contributed by atoms with Crippen molar-refractivity contribution in [3.8, 4) is 11.1 Å². The van der Waals surface area contributed by atoms with Gasteiger partial charge in [0.15, 0.2) is 0 Å². The van der Waals surface area contributed by atoms with E-state index < -0.39 is 0 Å². The molecule has 0 fully saturated rings. The van der Waals surface area contributed by atoms with E-state index in [1.807, 2.05) is 0 Å². The predicted octanol–water partition coefficient (Wildman–Crippen LogP) is 7.76. The van der Waals surface area contributed by atoms with E-state index in [9.17, 15) is 0 Å². The van der Waals surface area contributed by atoms with Crippen LogP contribution in [0.5, 0.6) is 0 Å². The summed E-state index contributed by atoms with van der Waals surface area (Å²) in [6.45, 7) is 9.12. The molecule has 0 unspecified atom stereocenters. The highest BCUT2D eigenvalue weighted by Crippen LogP contribution is 2.52. The molecule has 0 amide bonds. The molecule has 0 heteroatoms. The summed E-state index contributed by atoms with van der Waals surface area (Å²) in [5.41, 5.74) is 11.2. The maximum atomic E-state index is 2.47. The van der Waals surface area contributed by atoms with E-state index in [1.165, 1.54) is 76.6 Å². The zero-order valence-electron chi connectivity index (χ0n) is 17.8. The van der Waals surface area contributed by atoms with Crippen molar-refractivity contribution in [2.45, 2.75) is 65.2 Å². The van der Waals surface area contributed by atoms with Crippen molar-refractivity contribution in [2.75, 3.05) is 0 Å². The first-order valence-corrected chi connectivity index (χ1v) is 10.9. The Balaban J connectivity index is 1.81. The molecule has 0 bridgehead atoms. The highest BCUT2D eigenvalue weighted by molar-refractivity contribution is 5.83. The molecule has 144 valence electrons. The summed E-state index contributed by atoms with van der Waals surface area (Å²) in [6, 6.07) is 23.3. The quantitative estimate of drug-likeness (QED) is 0.390. The van der Waals surface area contributed by atoms with Crippen LogP contribution in [0.25, 0.3) is 11.1 Å². The van der Waals surface area contributed by atoms with Crippen LogP contribution in [0.1, 0.15) is 72.9 Å². The average Bonchev–Trinajstić information content (AvgIpc) is 2.94. The normalized spacial score (nSPS) is 14.0. The van der Waals surface area contributed by atoms with Crippen molar-refractivity contribution in [3.05, 3.63) is 94.0 Å². The molecule has 0 saturated heterocycles. The van der Waals surface area contributed by atoms with Gasteiger partial charge in [0.1, 0.15) is 0 Å². The molecule has 0 N–H and O–H groups in total. The lowest BCUT2D eigenvalue weighted by molar-refractivity contribution is 0.664. The minimum absolute atomic E-state index is 0.0812. The SMILES string of the molecule is CCCCCCc1cccc(C2(C)c3cc(C)ccc3-c3ccc(C)cc32)c1. The van der Waals surface area contributed by atoms with Gasteiger partial charge < -0.3 is 0 Å². The molecule has 1 aliphatic rings. The summed E-state index contributed by atoms with van der Waals surface area (Å²) in [6.07, 6.45) is 6.45. The molecule has 4 rings (SSSR count). The van der Waals surface area contributed by atoms with Crippen molar-refractivity contribution in [1.82, 2.24) is 0 Å². The number of unbranched alkanes of at least 4 members (excludes halogenated alkanes) is 3. The monoisotopic (exact) mass is 368 g/mol. The molecule has 0 aliphatic heterocycles. The molecule has 0 nitrogen and oxygen atoms in total. The van der Waals surface area contributed by atoms with Gasteiger partial charge in [-0.2, -0.15) is 0 Å². The second kappa shape index (κ2) is 7.59. The summed E-state index contributed by atoms with van der Waals surface area (Å²) in [5, 5.41) is 0. The van der Waals surface area contributed by atoms with Gasteiger partial charge in [-0.05, 0) is 67.0 Å². The van der Waals surface area contributed by atoms with Gasteiger partial charge in [0.2, 0.25) is 0 Å². The summed E-state index contributed by atoms with van der Waals surface area (Å²) in [5.74, 6) is 0. The first-order chi connectivity index (χ1) is 13.5. The highest BCUT2D eigenvalue weighted by atomic mass is 14.4. The first kappa shape index (κ1) is 19.0. The lowest BCUT2D eigenvalue weighted by atomic mass is 9.73. The van der Waals surface area contributed by atoms with Crippen LogP contribution in [-0.2, 0) is 11.8 Å². The molecule has 3 aromatic rings. The number of rotatable bonds is 6. The van der Waals surface area contributed by atoms with E-state index in [0.29, 0.717) is 0 Å². The van der Waals surface area contributed by atoms with Gasteiger partial charge in [-0.3, -0.25) is 0 Å². The smallest absolute Gasteiger partial charge is 0.0435 e. The zero-order chi connectivity index (χ0) is 19.7. The molecule has 1 aliphatic carbocycles. The summed E-state index contributed by atoms with van der Waals surface area (Å²) in [7, 11) is 0. The number of hydrogen-bond acceptors (Lipinski definition) is 0. The molecule has 0 spiro atoms. The standard InChI is InChI=1S/C28H32/c1-5-6-7-8-10-22-11-9-12-23(19-22)28(4)26-17-20(2)13-15-24(26)25-16-14-21(3)18-27(25)28/h9,11-19H,5-8,10H2,1-4H3. The van der Waals surface area contributed by atoms with Gasteiger partial charge in [0.05, 0.1) is 0 Å². The van der Waals surface area contributed by atoms with Crippen LogP contribution in [0.4, 0.5) is 0 Å². The van der Waals surface area contributed by atoms with Gasteiger partial charge in [-0.15, -0.1) is 0 Å². The number of benzene rings is 3. The van der Waals surface area contributed by atoms with E-state index in [0.717, 1.165) is 0 Å². The van der Waals surface area contributed by atoms with Gasteiger partial charge in [-0.25, -0.2) is 0 Å². The Hall–Kier alpha value is -2.34. The molecule has 3 aromatic carbocycles. The van der Waals surface area contributed by atoms with Crippen LogP contribution in [0.3, 0.4) is 0 Å². The second-order valence-corrected chi connectivity index (χ2v) is 8.73. The molecular formula is C28H32. The number of fused-ring (bicyclic) bond motifs is 3. The minimum atomic E-state index is -0.0812. The molecule has 0 atom stereocenters. The Morgan fingerprint density at radius 2 is 1.36 bits per heavy atom. The summed E-state index contributed by atoms with van der Waals surface area (Å²) >= 11 is 0. The minimum Gasteiger partial charge on any atom is -0.0654 e. The average molecular weight is 369 g/mol. The van der Waals surface area contributed by atoms with E-state index in [-0.39, 0.29) is 5.41 Å². The third kappa shape index (κ3) is 3.20. The topological polar surface area (TPSA) is 0 Å². The van der Waals surface area contributed by atoms with E-state index in [4.69, 9.17) is 0 Å². The maximum Gasteiger partial charge on any atom is 0.0435 e. The van der Waals surface area contributed by atoms with Gasteiger partial charge >= 0.3 is 0 Å². The Kier molecular flexibility index (Phi) is 5.15. The van der Waals surface area contributed by atoms with E-state index in [1.54, 1.807) is 0 Å². The Labute approximate surface area is 170 Å². The van der Waals surface area contributed by atoms with Crippen LogP contribution in [0.15, 0.2) is 60.7 Å². The van der Waals surface area contributed by atoms with Crippen LogP contribution < -0.4 is 0 Å². The van der Waals surface area contributed by atoms with Crippen LogP contribution >= 0.6 is 0 Å². The highest BCUT2D eigenvalue weighted by Gasteiger charge is 2.40. The van der Waals surface area contributed by atoms with Crippen molar-refractivity contribution < 1.29 is 0 Å². The molecule has 0 saturated carbocycles. The van der Waals surface area contributed by atoms with Crippen molar-refractivity contribution in [3.63, 3.8) is 0 Å². The van der Waals surface area contributed by atoms with Crippen LogP contribution in [0.2, 0.25) is 0 Å². The second-order valence-electron chi connectivity index (χ2n) is 8.73. The van der Waals surface area contributed by atoms with Gasteiger partial charge in [0.25, 0.3) is 0 Å². The first-order valence-electron chi connectivity index (χ1n) is 10.9. The molecule has 28 heavy (non-hydrogen) atoms. The fraction of sp³-hybridized carbons (Fsp3) is 0.357. The van der Waals surface area contributed by atoms with E-state index in [2.05, 4.69) is 88.4 Å². The number of hydrogen-bond donors (Lipinski definition) is 0. The molecule has 0 heterocycles. The largest absolute Gasteiger partial charge is 0.0654 e. The molecule has 0 aromatic heterocycles. The third-order valence-corrected chi connectivity index (χ3v) is 6.54. The zero-order valence-corrected chi connectivity index (χ0v) is 17.8. The fourth-order valence-corrected chi connectivity index (χ4v) is 4.86. The fourth-order valence-electron chi connectivity index (χ4n) is 4.86. The predicted molar refractivity (Wildman–Crippen MR) is 121 cm³/mol. The Morgan fingerprint density at radius 1 is 0.714 bits per heavy atom. The van der Waals surface area contributed by atoms with E-state index >= 15 is 0 Å². The van der Waals surface area contributed by atoms with Crippen molar-refractivity contribution >= 4 is 0 Å². The maximum absolute atomic E-state index is 2.47. The molecule has 0 radical (unpaired) electrons. The van der Waals surface area contributed by atoms with Crippen molar-refractivity contribution in [2.24, 2.45) is 0 Å². The Bertz CT molecular complexity index is 941. The number of aryl methyl sites for hydroxylation is 3. The van der Waals surface area contributed by atoms with Crippen LogP contribution in [-0.4, -0.2) is 0 Å². The third-order valence-electron chi connectivity index (χ3n) is 6.54. The lowest BCUT2D eigenvalue weighted by Gasteiger charge is -2.29. The summed E-state index contributed by atoms with van der Waals surface area (Å²) in [4.78, 5) is 0.